The van der Waals surface area contributed by atoms with Crippen LogP contribution in [0.1, 0.15) is 24.3 Å². The van der Waals surface area contributed by atoms with Crippen LogP contribution in [0.25, 0.3) is 0 Å². The lowest BCUT2D eigenvalue weighted by molar-refractivity contribution is -0.139. The van der Waals surface area contributed by atoms with Crippen LogP contribution >= 0.6 is 11.3 Å². The summed E-state index contributed by atoms with van der Waals surface area (Å²) in [7, 11) is 0. The van der Waals surface area contributed by atoms with Gasteiger partial charge in [-0.3, -0.25) is 9.59 Å². The summed E-state index contributed by atoms with van der Waals surface area (Å²) in [5.41, 5.74) is 5.43. The second-order valence-electron chi connectivity index (χ2n) is 3.45. The molecule has 6 heteroatoms. The molecular formula is C10H14N2O3S. The molecule has 88 valence electrons. The Labute approximate surface area is 97.3 Å². The number of nitrogens with two attached hydrogens (primary N) is 1. The highest BCUT2D eigenvalue weighted by Gasteiger charge is 2.19. The number of amides is 1. The third-order valence-corrected chi connectivity index (χ3v) is 3.12. The van der Waals surface area contributed by atoms with Gasteiger partial charge in [0.05, 0.1) is 18.5 Å². The van der Waals surface area contributed by atoms with Crippen LogP contribution in [0.15, 0.2) is 17.5 Å². The first-order valence-electron chi connectivity index (χ1n) is 4.82. The van der Waals surface area contributed by atoms with Crippen molar-refractivity contribution >= 4 is 23.2 Å². The summed E-state index contributed by atoms with van der Waals surface area (Å²) in [5, 5.41) is 13.1. The molecule has 0 fully saturated rings. The maximum atomic E-state index is 11.5. The van der Waals surface area contributed by atoms with Crippen molar-refractivity contribution in [3.63, 3.8) is 0 Å². The van der Waals surface area contributed by atoms with Crippen LogP contribution in [-0.4, -0.2) is 23.0 Å². The minimum absolute atomic E-state index is 0.146. The van der Waals surface area contributed by atoms with Crippen molar-refractivity contribution in [2.75, 3.05) is 0 Å². The molecule has 1 unspecified atom stereocenters. The summed E-state index contributed by atoms with van der Waals surface area (Å²) in [6.45, 7) is 1.83. The number of carbonyl (C=O) groups excluding carboxylic acids is 1. The molecule has 2 atom stereocenters. The molecule has 0 saturated heterocycles. The van der Waals surface area contributed by atoms with Crippen LogP contribution in [-0.2, 0) is 9.59 Å². The predicted molar refractivity (Wildman–Crippen MR) is 61.1 cm³/mol. The monoisotopic (exact) mass is 242 g/mol. The van der Waals surface area contributed by atoms with E-state index in [2.05, 4.69) is 5.32 Å². The summed E-state index contributed by atoms with van der Waals surface area (Å²) >= 11 is 1.53. The Morgan fingerprint density at radius 1 is 1.62 bits per heavy atom. The van der Waals surface area contributed by atoms with E-state index in [1.807, 2.05) is 24.4 Å². The molecule has 0 bridgehead atoms. The van der Waals surface area contributed by atoms with Crippen molar-refractivity contribution in [1.29, 1.82) is 0 Å². The van der Waals surface area contributed by atoms with Gasteiger partial charge < -0.3 is 16.2 Å². The van der Waals surface area contributed by atoms with Crippen LogP contribution in [0.2, 0.25) is 0 Å². The summed E-state index contributed by atoms with van der Waals surface area (Å²) < 4.78 is 0. The summed E-state index contributed by atoms with van der Waals surface area (Å²) in [4.78, 5) is 22.9. The van der Waals surface area contributed by atoms with Gasteiger partial charge >= 0.3 is 5.97 Å². The lowest BCUT2D eigenvalue weighted by atomic mass is 10.2. The van der Waals surface area contributed by atoms with E-state index in [1.165, 1.54) is 11.3 Å². The topological polar surface area (TPSA) is 92.4 Å². The molecule has 1 aromatic heterocycles. The van der Waals surface area contributed by atoms with Gasteiger partial charge in [0, 0.05) is 4.88 Å². The van der Waals surface area contributed by atoms with Crippen molar-refractivity contribution in [3.05, 3.63) is 22.4 Å². The first-order valence-corrected chi connectivity index (χ1v) is 5.70. The van der Waals surface area contributed by atoms with Gasteiger partial charge in [-0.15, -0.1) is 11.3 Å². The van der Waals surface area contributed by atoms with Gasteiger partial charge in [-0.05, 0) is 18.4 Å². The molecule has 16 heavy (non-hydrogen) atoms. The first kappa shape index (κ1) is 12.7. The largest absolute Gasteiger partial charge is 0.481 e. The van der Waals surface area contributed by atoms with Gasteiger partial charge in [0.15, 0.2) is 0 Å². The van der Waals surface area contributed by atoms with Crippen LogP contribution in [0, 0.1) is 0 Å². The molecule has 5 nitrogen and oxygen atoms in total. The van der Waals surface area contributed by atoms with Crippen LogP contribution < -0.4 is 11.1 Å². The van der Waals surface area contributed by atoms with Crippen molar-refractivity contribution in [2.45, 2.75) is 25.4 Å². The van der Waals surface area contributed by atoms with Gasteiger partial charge in [-0.1, -0.05) is 6.07 Å². The highest BCUT2D eigenvalue weighted by molar-refractivity contribution is 7.10. The maximum absolute atomic E-state index is 11.5. The molecule has 1 aromatic rings. The molecule has 0 aliphatic heterocycles. The second kappa shape index (κ2) is 5.62. The lowest BCUT2D eigenvalue weighted by Gasteiger charge is -2.15. The normalized spacial score (nSPS) is 14.1. The fourth-order valence-corrected chi connectivity index (χ4v) is 1.94. The van der Waals surface area contributed by atoms with E-state index in [0.717, 1.165) is 4.88 Å². The number of hydrogen-bond acceptors (Lipinski definition) is 4. The number of thiophene rings is 1. The average Bonchev–Trinajstić information content (AvgIpc) is 2.68. The Balaban J connectivity index is 2.48. The quantitative estimate of drug-likeness (QED) is 0.709. The van der Waals surface area contributed by atoms with E-state index in [1.54, 1.807) is 0 Å². The van der Waals surface area contributed by atoms with Crippen LogP contribution in [0.3, 0.4) is 0 Å². The van der Waals surface area contributed by atoms with Crippen molar-refractivity contribution < 1.29 is 14.7 Å². The van der Waals surface area contributed by atoms with Crippen molar-refractivity contribution in [3.8, 4) is 0 Å². The fraction of sp³-hybridized carbons (Fsp3) is 0.400. The molecule has 0 aliphatic carbocycles. The van der Waals surface area contributed by atoms with Gasteiger partial charge in [0.2, 0.25) is 5.91 Å². The Morgan fingerprint density at radius 3 is 2.81 bits per heavy atom. The average molecular weight is 242 g/mol. The number of rotatable bonds is 5. The summed E-state index contributed by atoms with van der Waals surface area (Å²) in [5.74, 6) is -1.52. The molecule has 0 aliphatic rings. The highest BCUT2D eigenvalue weighted by Crippen LogP contribution is 2.17. The van der Waals surface area contributed by atoms with Gasteiger partial charge in [-0.2, -0.15) is 0 Å². The second-order valence-corrected chi connectivity index (χ2v) is 4.43. The van der Waals surface area contributed by atoms with Gasteiger partial charge in [0.1, 0.15) is 0 Å². The smallest absolute Gasteiger partial charge is 0.305 e. The lowest BCUT2D eigenvalue weighted by Crippen LogP contribution is -2.42. The van der Waals surface area contributed by atoms with Crippen molar-refractivity contribution in [2.24, 2.45) is 5.73 Å². The molecule has 0 aromatic carbocycles. The number of hydrogen-bond donors (Lipinski definition) is 3. The molecule has 0 saturated carbocycles. The zero-order valence-corrected chi connectivity index (χ0v) is 9.66. The summed E-state index contributed by atoms with van der Waals surface area (Å²) in [6.07, 6.45) is -0.358. The number of carboxylic acids is 1. The molecule has 1 heterocycles. The van der Waals surface area contributed by atoms with Crippen LogP contribution in [0.5, 0.6) is 0 Å². The van der Waals surface area contributed by atoms with Gasteiger partial charge in [-0.25, -0.2) is 0 Å². The Hall–Kier alpha value is -1.40. The number of aliphatic carboxylic acids is 1. The molecule has 4 N–H and O–H groups in total. The Morgan fingerprint density at radius 2 is 2.31 bits per heavy atom. The van der Waals surface area contributed by atoms with Crippen LogP contribution in [0.4, 0.5) is 0 Å². The molecule has 1 amide bonds. The van der Waals surface area contributed by atoms with E-state index in [9.17, 15) is 9.59 Å². The Bertz CT molecular complexity index is 364. The van der Waals surface area contributed by atoms with Gasteiger partial charge in [0.25, 0.3) is 0 Å². The fourth-order valence-electron chi connectivity index (χ4n) is 1.21. The predicted octanol–water partition coefficient (Wildman–Crippen LogP) is 0.727. The zero-order chi connectivity index (χ0) is 12.1. The minimum Gasteiger partial charge on any atom is -0.481 e. The zero-order valence-electron chi connectivity index (χ0n) is 8.84. The summed E-state index contributed by atoms with van der Waals surface area (Å²) in [6, 6.07) is 2.64. The third-order valence-electron chi connectivity index (χ3n) is 2.06. The molecule has 0 spiro atoms. The SMILES string of the molecule is C[C@H](NC(=O)C(N)CC(=O)O)c1cccs1. The minimum atomic E-state index is -1.08. The van der Waals surface area contributed by atoms with E-state index >= 15 is 0 Å². The van der Waals surface area contributed by atoms with E-state index < -0.39 is 17.9 Å². The molecular weight excluding hydrogens is 228 g/mol. The third kappa shape index (κ3) is 3.63. The standard InChI is InChI=1S/C10H14N2O3S/c1-6(8-3-2-4-16-8)12-10(15)7(11)5-9(13)14/h2-4,6-7H,5,11H2,1H3,(H,12,15)(H,13,14)/t6-,7?/m0/s1. The maximum Gasteiger partial charge on any atom is 0.305 e. The number of carboxylic acid groups (broad SMARTS) is 1. The number of carbonyl (C=O) groups is 2. The Kier molecular flexibility index (Phi) is 4.45. The highest BCUT2D eigenvalue weighted by atomic mass is 32.1. The van der Waals surface area contributed by atoms with E-state index in [0.29, 0.717) is 0 Å². The molecule has 0 radical (unpaired) electrons. The van der Waals surface area contributed by atoms with E-state index in [4.69, 9.17) is 10.8 Å². The first-order chi connectivity index (χ1) is 7.50. The van der Waals surface area contributed by atoms with E-state index in [-0.39, 0.29) is 12.5 Å². The van der Waals surface area contributed by atoms with Crippen molar-refractivity contribution in [1.82, 2.24) is 5.32 Å². The molecule has 1 rings (SSSR count). The number of nitrogens with one attached hydrogen (secondary N) is 1.